The Morgan fingerprint density at radius 1 is 1.13 bits per heavy atom. The van der Waals surface area contributed by atoms with Gasteiger partial charge in [-0.3, -0.25) is 0 Å². The largest absolute Gasteiger partial charge is 0.417 e. The van der Waals surface area contributed by atoms with E-state index in [1.165, 1.54) is 12.1 Å². The Balaban J connectivity index is 2.27. The molecule has 0 spiro atoms. The summed E-state index contributed by atoms with van der Waals surface area (Å²) >= 11 is 5.61. The van der Waals surface area contributed by atoms with Crippen LogP contribution in [-0.2, 0) is 6.18 Å². The average Bonchev–Trinajstić information content (AvgIpc) is 2.45. The Hall–Kier alpha value is -2.02. The summed E-state index contributed by atoms with van der Waals surface area (Å²) in [5, 5.41) is 5.62. The zero-order chi connectivity index (χ0) is 17.0. The number of hydrogen-bond acceptors (Lipinski definition) is 4. The smallest absolute Gasteiger partial charge is 0.370 e. The maximum atomic E-state index is 12.9. The van der Waals surface area contributed by atoms with Crippen molar-refractivity contribution < 1.29 is 13.2 Å². The van der Waals surface area contributed by atoms with Crippen LogP contribution in [0.15, 0.2) is 24.3 Å². The number of aromatic nitrogens is 2. The summed E-state index contributed by atoms with van der Waals surface area (Å²) in [6.45, 7) is 4.48. The predicted molar refractivity (Wildman–Crippen MR) is 85.3 cm³/mol. The minimum Gasteiger partial charge on any atom is -0.370 e. The first kappa shape index (κ1) is 17.3. The van der Waals surface area contributed by atoms with Crippen LogP contribution in [0.3, 0.4) is 0 Å². The number of halogens is 4. The lowest BCUT2D eigenvalue weighted by atomic mass is 10.2. The molecule has 0 unspecified atom stereocenters. The van der Waals surface area contributed by atoms with E-state index >= 15 is 0 Å². The van der Waals surface area contributed by atoms with Crippen molar-refractivity contribution in [3.63, 3.8) is 0 Å². The van der Waals surface area contributed by atoms with Gasteiger partial charge in [-0.25, -0.2) is 9.97 Å². The Kier molecular flexibility index (Phi) is 5.30. The highest BCUT2D eigenvalue weighted by Crippen LogP contribution is 2.36. The number of alkyl halides is 3. The summed E-state index contributed by atoms with van der Waals surface area (Å²) in [6, 6.07) is 5.27. The fraction of sp³-hybridized carbons (Fsp3) is 0.333. The summed E-state index contributed by atoms with van der Waals surface area (Å²) in [6.07, 6.45) is -3.58. The van der Waals surface area contributed by atoms with Gasteiger partial charge in [0.05, 0.1) is 10.6 Å². The van der Waals surface area contributed by atoms with Crippen LogP contribution >= 0.6 is 11.6 Å². The van der Waals surface area contributed by atoms with Crippen LogP contribution in [-0.4, -0.2) is 16.5 Å². The zero-order valence-corrected chi connectivity index (χ0v) is 13.4. The van der Waals surface area contributed by atoms with Crippen molar-refractivity contribution in [1.29, 1.82) is 0 Å². The zero-order valence-electron chi connectivity index (χ0n) is 12.6. The molecule has 0 aliphatic heterocycles. The summed E-state index contributed by atoms with van der Waals surface area (Å²) in [4.78, 5) is 8.40. The fourth-order valence-electron chi connectivity index (χ4n) is 1.94. The number of hydrogen-bond donors (Lipinski definition) is 2. The molecule has 0 amide bonds. The normalized spacial score (nSPS) is 11.4. The van der Waals surface area contributed by atoms with Gasteiger partial charge in [0, 0.05) is 18.3 Å². The predicted octanol–water partition coefficient (Wildman–Crippen LogP) is 5.02. The second-order valence-electron chi connectivity index (χ2n) is 4.93. The van der Waals surface area contributed by atoms with Crippen LogP contribution in [0.4, 0.5) is 30.5 Å². The molecule has 0 aliphatic rings. The minimum atomic E-state index is -4.51. The Morgan fingerprint density at radius 3 is 2.48 bits per heavy atom. The SMILES string of the molecule is CCCNc1cc(Nc2ccc(Cl)c(C(F)(F)F)c2)nc(C)n1. The van der Waals surface area contributed by atoms with Gasteiger partial charge < -0.3 is 10.6 Å². The van der Waals surface area contributed by atoms with E-state index in [0.29, 0.717) is 17.5 Å². The number of nitrogens with one attached hydrogen (secondary N) is 2. The molecule has 1 heterocycles. The van der Waals surface area contributed by atoms with Crippen LogP contribution in [0.2, 0.25) is 5.02 Å². The lowest BCUT2D eigenvalue weighted by Gasteiger charge is -2.13. The molecule has 0 fully saturated rings. The number of nitrogens with zero attached hydrogens (tertiary/aromatic N) is 2. The number of benzene rings is 1. The van der Waals surface area contributed by atoms with E-state index in [1.54, 1.807) is 13.0 Å². The molecular formula is C15H16ClF3N4. The molecule has 2 aromatic rings. The van der Waals surface area contributed by atoms with E-state index < -0.39 is 11.7 Å². The molecule has 8 heteroatoms. The minimum absolute atomic E-state index is 0.251. The summed E-state index contributed by atoms with van der Waals surface area (Å²) in [7, 11) is 0. The van der Waals surface area contributed by atoms with Gasteiger partial charge in [-0.15, -0.1) is 0 Å². The van der Waals surface area contributed by atoms with Crippen molar-refractivity contribution in [3.05, 3.63) is 40.7 Å². The monoisotopic (exact) mass is 344 g/mol. The van der Waals surface area contributed by atoms with E-state index in [1.807, 2.05) is 6.92 Å². The van der Waals surface area contributed by atoms with Crippen molar-refractivity contribution in [2.45, 2.75) is 26.4 Å². The lowest BCUT2D eigenvalue weighted by molar-refractivity contribution is -0.137. The molecule has 2 N–H and O–H groups in total. The highest BCUT2D eigenvalue weighted by molar-refractivity contribution is 6.31. The van der Waals surface area contributed by atoms with Gasteiger partial charge in [0.15, 0.2) is 0 Å². The molecule has 2 rings (SSSR count). The highest BCUT2D eigenvalue weighted by atomic mass is 35.5. The lowest BCUT2D eigenvalue weighted by Crippen LogP contribution is -2.08. The first-order valence-electron chi connectivity index (χ1n) is 7.03. The second-order valence-corrected chi connectivity index (χ2v) is 5.34. The summed E-state index contributed by atoms with van der Waals surface area (Å²) in [5.74, 6) is 1.54. The van der Waals surface area contributed by atoms with Crippen molar-refractivity contribution >= 4 is 28.9 Å². The quantitative estimate of drug-likeness (QED) is 0.799. The fourth-order valence-corrected chi connectivity index (χ4v) is 2.17. The molecule has 0 radical (unpaired) electrons. The summed E-state index contributed by atoms with van der Waals surface area (Å²) in [5.41, 5.74) is -0.638. The molecule has 0 bridgehead atoms. The van der Waals surface area contributed by atoms with Gasteiger partial charge in [0.25, 0.3) is 0 Å². The highest BCUT2D eigenvalue weighted by Gasteiger charge is 2.33. The van der Waals surface area contributed by atoms with E-state index in [9.17, 15) is 13.2 Å². The third-order valence-electron chi connectivity index (χ3n) is 2.94. The van der Waals surface area contributed by atoms with Crippen molar-refractivity contribution in [2.24, 2.45) is 0 Å². The van der Waals surface area contributed by atoms with Gasteiger partial charge in [-0.2, -0.15) is 13.2 Å². The van der Waals surface area contributed by atoms with Gasteiger partial charge in [0.1, 0.15) is 17.5 Å². The molecule has 0 saturated heterocycles. The third kappa shape index (κ3) is 4.72. The Labute approximate surface area is 137 Å². The third-order valence-corrected chi connectivity index (χ3v) is 3.27. The molecule has 0 aliphatic carbocycles. The van der Waals surface area contributed by atoms with Gasteiger partial charge in [-0.05, 0) is 31.5 Å². The van der Waals surface area contributed by atoms with E-state index in [0.717, 1.165) is 19.0 Å². The first-order chi connectivity index (χ1) is 10.8. The topological polar surface area (TPSA) is 49.8 Å². The van der Waals surface area contributed by atoms with Crippen LogP contribution < -0.4 is 10.6 Å². The molecule has 0 atom stereocenters. The maximum Gasteiger partial charge on any atom is 0.417 e. The molecule has 1 aromatic carbocycles. The van der Waals surface area contributed by atoms with E-state index in [-0.39, 0.29) is 10.7 Å². The standard InChI is InChI=1S/C15H16ClF3N4/c1-3-6-20-13-8-14(22-9(2)21-13)23-10-4-5-12(16)11(7-10)15(17,18)19/h4-5,7-8H,3,6H2,1-2H3,(H2,20,21,22,23). The van der Waals surface area contributed by atoms with E-state index in [4.69, 9.17) is 11.6 Å². The molecular weight excluding hydrogens is 329 g/mol. The van der Waals surface area contributed by atoms with Crippen molar-refractivity contribution in [2.75, 3.05) is 17.2 Å². The maximum absolute atomic E-state index is 12.9. The Morgan fingerprint density at radius 2 is 1.83 bits per heavy atom. The van der Waals surface area contributed by atoms with Crippen molar-refractivity contribution in [3.8, 4) is 0 Å². The van der Waals surface area contributed by atoms with Crippen LogP contribution in [0, 0.1) is 6.92 Å². The van der Waals surface area contributed by atoms with Crippen LogP contribution in [0.1, 0.15) is 24.7 Å². The van der Waals surface area contributed by atoms with Gasteiger partial charge in [-0.1, -0.05) is 18.5 Å². The molecule has 0 saturated carbocycles. The molecule has 124 valence electrons. The molecule has 23 heavy (non-hydrogen) atoms. The number of anilines is 3. The molecule has 1 aromatic heterocycles. The van der Waals surface area contributed by atoms with Crippen molar-refractivity contribution in [1.82, 2.24) is 9.97 Å². The number of rotatable bonds is 5. The number of aryl methyl sites for hydroxylation is 1. The average molecular weight is 345 g/mol. The van der Waals surface area contributed by atoms with Crippen LogP contribution in [0.5, 0.6) is 0 Å². The Bertz CT molecular complexity index is 689. The van der Waals surface area contributed by atoms with Gasteiger partial charge in [0.2, 0.25) is 0 Å². The van der Waals surface area contributed by atoms with Gasteiger partial charge >= 0.3 is 6.18 Å². The molecule has 4 nitrogen and oxygen atoms in total. The van der Waals surface area contributed by atoms with E-state index in [2.05, 4.69) is 20.6 Å². The van der Waals surface area contributed by atoms with Crippen LogP contribution in [0.25, 0.3) is 0 Å². The first-order valence-corrected chi connectivity index (χ1v) is 7.40. The second kappa shape index (κ2) is 7.04. The summed E-state index contributed by atoms with van der Waals surface area (Å²) < 4.78 is 38.7.